The largest absolute Gasteiger partial charge is 0.508 e. The SMILES string of the molecule is CCc1nc(-c2cc(O)cc(F)c2)[nH]c(=O)c1C. The summed E-state index contributed by atoms with van der Waals surface area (Å²) in [5.74, 6) is -0.519. The number of aromatic amines is 1. The number of rotatable bonds is 2. The van der Waals surface area contributed by atoms with Crippen LogP contribution in [0.4, 0.5) is 4.39 Å². The topological polar surface area (TPSA) is 66.0 Å². The molecule has 0 aliphatic heterocycles. The minimum atomic E-state index is -0.578. The second-order valence-corrected chi connectivity index (χ2v) is 4.04. The van der Waals surface area contributed by atoms with Gasteiger partial charge in [0, 0.05) is 17.2 Å². The van der Waals surface area contributed by atoms with Gasteiger partial charge >= 0.3 is 0 Å². The second-order valence-electron chi connectivity index (χ2n) is 4.04. The van der Waals surface area contributed by atoms with Crippen LogP contribution in [0, 0.1) is 12.7 Å². The van der Waals surface area contributed by atoms with Crippen molar-refractivity contribution in [1.82, 2.24) is 9.97 Å². The number of phenols is 1. The lowest BCUT2D eigenvalue weighted by atomic mass is 10.1. The van der Waals surface area contributed by atoms with E-state index in [9.17, 15) is 14.3 Å². The van der Waals surface area contributed by atoms with Gasteiger partial charge in [-0.25, -0.2) is 9.37 Å². The molecule has 0 atom stereocenters. The number of hydrogen-bond acceptors (Lipinski definition) is 3. The molecule has 2 rings (SSSR count). The number of aryl methyl sites for hydroxylation is 1. The van der Waals surface area contributed by atoms with Crippen molar-refractivity contribution < 1.29 is 9.50 Å². The van der Waals surface area contributed by atoms with Crippen molar-refractivity contribution in [3.63, 3.8) is 0 Å². The molecule has 1 aromatic carbocycles. The molecular formula is C13H13FN2O2. The van der Waals surface area contributed by atoms with Gasteiger partial charge in [0.1, 0.15) is 17.4 Å². The Kier molecular flexibility index (Phi) is 3.14. The van der Waals surface area contributed by atoms with Crippen molar-refractivity contribution in [3.8, 4) is 17.1 Å². The van der Waals surface area contributed by atoms with Gasteiger partial charge in [-0.15, -0.1) is 0 Å². The lowest BCUT2D eigenvalue weighted by molar-refractivity contribution is 0.469. The van der Waals surface area contributed by atoms with E-state index in [0.29, 0.717) is 23.2 Å². The van der Waals surface area contributed by atoms with Crippen molar-refractivity contribution in [3.05, 3.63) is 45.6 Å². The fourth-order valence-electron chi connectivity index (χ4n) is 1.77. The standard InChI is InChI=1S/C13H13FN2O2/c1-3-11-7(2)13(18)16-12(15-11)8-4-9(14)6-10(17)5-8/h4-6,17H,3H2,1-2H3,(H,15,16,18). The van der Waals surface area contributed by atoms with E-state index >= 15 is 0 Å². The summed E-state index contributed by atoms with van der Waals surface area (Å²) in [5, 5.41) is 9.35. The maximum Gasteiger partial charge on any atom is 0.254 e. The van der Waals surface area contributed by atoms with Gasteiger partial charge in [0.25, 0.3) is 5.56 Å². The van der Waals surface area contributed by atoms with Crippen LogP contribution in [0.15, 0.2) is 23.0 Å². The maximum absolute atomic E-state index is 13.2. The monoisotopic (exact) mass is 248 g/mol. The van der Waals surface area contributed by atoms with Gasteiger partial charge in [-0.3, -0.25) is 4.79 Å². The van der Waals surface area contributed by atoms with Crippen LogP contribution in [0.25, 0.3) is 11.4 Å². The van der Waals surface area contributed by atoms with Crippen LogP contribution in [0.1, 0.15) is 18.2 Å². The molecule has 4 nitrogen and oxygen atoms in total. The summed E-state index contributed by atoms with van der Waals surface area (Å²) in [7, 11) is 0. The van der Waals surface area contributed by atoms with Gasteiger partial charge in [0.2, 0.25) is 0 Å². The zero-order valence-electron chi connectivity index (χ0n) is 10.1. The van der Waals surface area contributed by atoms with E-state index in [1.807, 2.05) is 6.92 Å². The zero-order chi connectivity index (χ0) is 13.3. The third kappa shape index (κ3) is 2.25. The van der Waals surface area contributed by atoms with Crippen LogP contribution in [-0.4, -0.2) is 15.1 Å². The summed E-state index contributed by atoms with van der Waals surface area (Å²) in [6, 6.07) is 3.57. The van der Waals surface area contributed by atoms with E-state index in [2.05, 4.69) is 9.97 Å². The molecule has 0 spiro atoms. The fraction of sp³-hybridized carbons (Fsp3) is 0.231. The average Bonchev–Trinajstić information content (AvgIpc) is 2.31. The molecule has 94 valence electrons. The predicted molar refractivity (Wildman–Crippen MR) is 66.0 cm³/mol. The van der Waals surface area contributed by atoms with E-state index in [-0.39, 0.29) is 17.1 Å². The van der Waals surface area contributed by atoms with Gasteiger partial charge < -0.3 is 10.1 Å². The Morgan fingerprint density at radius 3 is 2.72 bits per heavy atom. The van der Waals surface area contributed by atoms with Crippen LogP contribution in [0.2, 0.25) is 0 Å². The zero-order valence-corrected chi connectivity index (χ0v) is 10.1. The third-order valence-electron chi connectivity index (χ3n) is 2.74. The molecule has 0 fully saturated rings. The Morgan fingerprint density at radius 1 is 1.39 bits per heavy atom. The Bertz CT molecular complexity index is 630. The summed E-state index contributed by atoms with van der Waals surface area (Å²) < 4.78 is 13.2. The van der Waals surface area contributed by atoms with Crippen molar-refractivity contribution in [1.29, 1.82) is 0 Å². The highest BCUT2D eigenvalue weighted by Gasteiger charge is 2.09. The van der Waals surface area contributed by atoms with Crippen LogP contribution >= 0.6 is 0 Å². The number of phenolic OH excluding ortho intramolecular Hbond substituents is 1. The van der Waals surface area contributed by atoms with Crippen molar-refractivity contribution >= 4 is 0 Å². The van der Waals surface area contributed by atoms with E-state index in [1.165, 1.54) is 12.1 Å². The number of H-pyrrole nitrogens is 1. The van der Waals surface area contributed by atoms with E-state index in [1.54, 1.807) is 6.92 Å². The molecule has 2 aromatic rings. The smallest absolute Gasteiger partial charge is 0.254 e. The number of halogens is 1. The molecule has 1 aromatic heterocycles. The highest BCUT2D eigenvalue weighted by Crippen LogP contribution is 2.22. The molecule has 0 radical (unpaired) electrons. The van der Waals surface area contributed by atoms with Gasteiger partial charge in [-0.05, 0) is 25.5 Å². The van der Waals surface area contributed by atoms with E-state index in [4.69, 9.17) is 0 Å². The molecule has 0 aliphatic carbocycles. The minimum absolute atomic E-state index is 0.203. The number of aromatic nitrogens is 2. The number of hydrogen-bond donors (Lipinski definition) is 2. The van der Waals surface area contributed by atoms with Crippen LogP contribution in [0.3, 0.4) is 0 Å². The Morgan fingerprint density at radius 2 is 2.11 bits per heavy atom. The van der Waals surface area contributed by atoms with E-state index in [0.717, 1.165) is 6.07 Å². The number of aromatic hydroxyl groups is 1. The van der Waals surface area contributed by atoms with Crippen molar-refractivity contribution in [2.45, 2.75) is 20.3 Å². The number of nitrogens with zero attached hydrogens (tertiary/aromatic N) is 1. The third-order valence-corrected chi connectivity index (χ3v) is 2.74. The highest BCUT2D eigenvalue weighted by atomic mass is 19.1. The number of nitrogens with one attached hydrogen (secondary N) is 1. The molecule has 1 heterocycles. The van der Waals surface area contributed by atoms with Crippen molar-refractivity contribution in [2.24, 2.45) is 0 Å². The fourth-order valence-corrected chi connectivity index (χ4v) is 1.77. The highest BCUT2D eigenvalue weighted by molar-refractivity contribution is 5.57. The van der Waals surface area contributed by atoms with Gasteiger partial charge in [0.15, 0.2) is 0 Å². The maximum atomic E-state index is 13.2. The first kappa shape index (κ1) is 12.3. The molecule has 0 saturated heterocycles. The van der Waals surface area contributed by atoms with Crippen molar-refractivity contribution in [2.75, 3.05) is 0 Å². The Labute approximate surface area is 103 Å². The summed E-state index contributed by atoms with van der Waals surface area (Å²) in [4.78, 5) is 18.6. The van der Waals surface area contributed by atoms with E-state index < -0.39 is 5.82 Å². The first-order chi connectivity index (χ1) is 8.51. The van der Waals surface area contributed by atoms with Gasteiger partial charge in [-0.2, -0.15) is 0 Å². The molecule has 0 aliphatic rings. The minimum Gasteiger partial charge on any atom is -0.508 e. The molecule has 0 amide bonds. The lowest BCUT2D eigenvalue weighted by Crippen LogP contribution is -2.15. The van der Waals surface area contributed by atoms with Crippen LogP contribution < -0.4 is 5.56 Å². The summed E-state index contributed by atoms with van der Waals surface area (Å²) in [5.41, 5.74) is 1.32. The molecule has 0 unspecified atom stereocenters. The molecule has 2 N–H and O–H groups in total. The first-order valence-electron chi connectivity index (χ1n) is 5.61. The molecule has 0 bridgehead atoms. The Hall–Kier alpha value is -2.17. The first-order valence-corrected chi connectivity index (χ1v) is 5.61. The lowest BCUT2D eigenvalue weighted by Gasteiger charge is -2.06. The average molecular weight is 248 g/mol. The molecule has 0 saturated carbocycles. The summed E-state index contributed by atoms with van der Waals surface area (Å²) in [6.07, 6.45) is 0.615. The summed E-state index contributed by atoms with van der Waals surface area (Å²) in [6.45, 7) is 3.58. The van der Waals surface area contributed by atoms with Gasteiger partial charge in [-0.1, -0.05) is 6.92 Å². The normalized spacial score (nSPS) is 10.6. The second kappa shape index (κ2) is 4.60. The molecule has 5 heteroatoms. The van der Waals surface area contributed by atoms with Crippen LogP contribution in [-0.2, 0) is 6.42 Å². The Balaban J connectivity index is 2.64. The molecular weight excluding hydrogens is 235 g/mol. The van der Waals surface area contributed by atoms with Crippen LogP contribution in [0.5, 0.6) is 5.75 Å². The quantitative estimate of drug-likeness (QED) is 0.855. The van der Waals surface area contributed by atoms with Gasteiger partial charge in [0.05, 0.1) is 5.69 Å². The number of benzene rings is 1. The summed E-state index contributed by atoms with van der Waals surface area (Å²) >= 11 is 0. The molecule has 18 heavy (non-hydrogen) atoms. The predicted octanol–water partition coefficient (Wildman–Crippen LogP) is 2.15.